The van der Waals surface area contributed by atoms with Crippen LogP contribution in [0.4, 0.5) is 18.9 Å². The van der Waals surface area contributed by atoms with Crippen molar-refractivity contribution in [1.82, 2.24) is 14.5 Å². The van der Waals surface area contributed by atoms with Crippen LogP contribution in [-0.4, -0.2) is 28.7 Å². The van der Waals surface area contributed by atoms with E-state index in [-0.39, 0.29) is 24.2 Å². The lowest BCUT2D eigenvalue weighted by Gasteiger charge is -2.30. The molecule has 0 aliphatic carbocycles. The van der Waals surface area contributed by atoms with Crippen LogP contribution in [0.3, 0.4) is 0 Å². The van der Waals surface area contributed by atoms with E-state index in [1.165, 1.54) is 12.1 Å². The van der Waals surface area contributed by atoms with Gasteiger partial charge in [0, 0.05) is 29.6 Å². The number of hydrogen-bond acceptors (Lipinski definition) is 5. The molecule has 11 heteroatoms. The number of Topliss-reactive ketones (excluding diaryl/α,β-unsaturated/α-hetero) is 1. The molecule has 1 aliphatic heterocycles. The number of aromatic amines is 1. The summed E-state index contributed by atoms with van der Waals surface area (Å²) in [6, 6.07) is 5.97. The molecule has 0 saturated carbocycles. The smallest absolute Gasteiger partial charge is 0.244 e. The van der Waals surface area contributed by atoms with Gasteiger partial charge in [-0.1, -0.05) is 6.07 Å². The lowest BCUT2D eigenvalue weighted by Crippen LogP contribution is -2.40. The normalized spacial score (nSPS) is 15.7. The summed E-state index contributed by atoms with van der Waals surface area (Å²) < 4.78 is 68.9. The molecule has 7 nitrogen and oxygen atoms in total. The number of anilines is 1. The lowest BCUT2D eigenvalue weighted by atomic mass is 9.98. The minimum Gasteiger partial charge on any atom is -0.398 e. The molecule has 3 aromatic rings. The Hall–Kier alpha value is -3.18. The second-order valence-corrected chi connectivity index (χ2v) is 9.87. The zero-order valence-electron chi connectivity index (χ0n) is 17.1. The van der Waals surface area contributed by atoms with Crippen LogP contribution in [0.2, 0.25) is 0 Å². The number of benzene rings is 2. The van der Waals surface area contributed by atoms with Crippen LogP contribution in [0.15, 0.2) is 41.3 Å². The fourth-order valence-corrected chi connectivity index (χ4v) is 5.72. The molecule has 168 valence electrons. The van der Waals surface area contributed by atoms with Crippen molar-refractivity contribution in [1.29, 1.82) is 0 Å². The van der Waals surface area contributed by atoms with Gasteiger partial charge >= 0.3 is 0 Å². The summed E-state index contributed by atoms with van der Waals surface area (Å²) in [6.45, 7) is 3.00. The van der Waals surface area contributed by atoms with Crippen molar-refractivity contribution in [2.45, 2.75) is 37.2 Å². The Morgan fingerprint density at radius 2 is 1.84 bits per heavy atom. The highest BCUT2D eigenvalue weighted by Crippen LogP contribution is 2.42. The first-order valence-corrected chi connectivity index (χ1v) is 11.0. The molecule has 32 heavy (non-hydrogen) atoms. The minimum absolute atomic E-state index is 0.0103. The van der Waals surface area contributed by atoms with E-state index in [1.54, 1.807) is 13.8 Å². The van der Waals surface area contributed by atoms with Crippen molar-refractivity contribution in [2.24, 2.45) is 0 Å². The maximum atomic E-state index is 14.1. The number of ketones is 1. The van der Waals surface area contributed by atoms with E-state index in [0.717, 1.165) is 22.5 Å². The number of H-pyrrole nitrogens is 1. The van der Waals surface area contributed by atoms with Gasteiger partial charge in [-0.25, -0.2) is 21.6 Å². The number of rotatable bonds is 5. The standard InChI is InChI=1S/C21H19F3N4O3S/c1-21(2)20-14(10-28(21)32(30,31)13-7-11(22)6-12(23)8-13)17(26-27-20)9-18(29)19-15(24)4-3-5-16(19)25/h3-8H,9-10,25H2,1-2H3,(H,26,27). The van der Waals surface area contributed by atoms with Crippen molar-refractivity contribution >= 4 is 21.5 Å². The fourth-order valence-electron chi connectivity index (χ4n) is 3.96. The van der Waals surface area contributed by atoms with E-state index in [4.69, 9.17) is 5.73 Å². The minimum atomic E-state index is -4.31. The third kappa shape index (κ3) is 3.47. The van der Waals surface area contributed by atoms with Gasteiger partial charge in [0.1, 0.15) is 17.5 Å². The number of nitrogens with two attached hydrogens (primary N) is 1. The van der Waals surface area contributed by atoms with Gasteiger partial charge in [0.15, 0.2) is 5.78 Å². The molecule has 0 unspecified atom stereocenters. The van der Waals surface area contributed by atoms with Crippen LogP contribution in [0.25, 0.3) is 0 Å². The number of halogens is 3. The Bertz CT molecular complexity index is 1310. The number of carbonyl (C=O) groups excluding carboxylic acids is 1. The van der Waals surface area contributed by atoms with Crippen molar-refractivity contribution in [3.8, 4) is 0 Å². The van der Waals surface area contributed by atoms with Crippen molar-refractivity contribution in [2.75, 3.05) is 5.73 Å². The average Bonchev–Trinajstić information content (AvgIpc) is 3.19. The number of fused-ring (bicyclic) bond motifs is 1. The molecule has 0 fully saturated rings. The number of nitrogen functional groups attached to an aromatic ring is 1. The molecule has 4 rings (SSSR count). The van der Waals surface area contributed by atoms with Gasteiger partial charge in [-0.05, 0) is 38.1 Å². The Balaban J connectivity index is 1.69. The summed E-state index contributed by atoms with van der Waals surface area (Å²) in [5, 5.41) is 6.90. The van der Waals surface area contributed by atoms with Crippen LogP contribution in [0, 0.1) is 17.5 Å². The number of nitrogens with one attached hydrogen (secondary N) is 1. The van der Waals surface area contributed by atoms with Crippen LogP contribution in [0.1, 0.15) is 41.2 Å². The monoisotopic (exact) mass is 464 g/mol. The predicted molar refractivity (Wildman–Crippen MR) is 110 cm³/mol. The molecule has 2 heterocycles. The Labute approximate surface area is 182 Å². The van der Waals surface area contributed by atoms with Gasteiger partial charge in [-0.2, -0.15) is 9.40 Å². The highest BCUT2D eigenvalue weighted by molar-refractivity contribution is 7.89. The van der Waals surface area contributed by atoms with E-state index in [0.29, 0.717) is 23.0 Å². The lowest BCUT2D eigenvalue weighted by molar-refractivity contribution is 0.0988. The second kappa shape index (κ2) is 7.45. The van der Waals surface area contributed by atoms with Crippen LogP contribution < -0.4 is 5.73 Å². The maximum Gasteiger partial charge on any atom is 0.244 e. The fraction of sp³-hybridized carbons (Fsp3) is 0.238. The molecule has 0 radical (unpaired) electrons. The number of carbonyl (C=O) groups is 1. The average molecular weight is 464 g/mol. The molecule has 2 aromatic carbocycles. The highest BCUT2D eigenvalue weighted by Gasteiger charge is 2.48. The van der Waals surface area contributed by atoms with Crippen molar-refractivity contribution in [3.05, 3.63) is 76.4 Å². The van der Waals surface area contributed by atoms with Crippen LogP contribution in [-0.2, 0) is 28.5 Å². The summed E-state index contributed by atoms with van der Waals surface area (Å²) in [4.78, 5) is 12.2. The topological polar surface area (TPSA) is 109 Å². The first-order chi connectivity index (χ1) is 14.9. The van der Waals surface area contributed by atoms with E-state index < -0.39 is 43.7 Å². The molecule has 0 saturated heterocycles. The molecule has 3 N–H and O–H groups in total. The number of hydrogen-bond donors (Lipinski definition) is 2. The first-order valence-electron chi connectivity index (χ1n) is 9.55. The largest absolute Gasteiger partial charge is 0.398 e. The molecule has 0 spiro atoms. The number of aromatic nitrogens is 2. The summed E-state index contributed by atoms with van der Waals surface area (Å²) >= 11 is 0. The third-order valence-electron chi connectivity index (χ3n) is 5.54. The van der Waals surface area contributed by atoms with Gasteiger partial charge in [-0.15, -0.1) is 0 Å². The molecular formula is C21H19F3N4O3S. The molecule has 1 aliphatic rings. The van der Waals surface area contributed by atoms with Crippen LogP contribution >= 0.6 is 0 Å². The molecule has 0 bridgehead atoms. The third-order valence-corrected chi connectivity index (χ3v) is 7.54. The van der Waals surface area contributed by atoms with E-state index in [9.17, 15) is 26.4 Å². The van der Waals surface area contributed by atoms with E-state index in [2.05, 4.69) is 10.2 Å². The Kier molecular flexibility index (Phi) is 5.13. The van der Waals surface area contributed by atoms with Crippen molar-refractivity contribution in [3.63, 3.8) is 0 Å². The molecule has 0 amide bonds. The number of sulfonamides is 1. The zero-order valence-corrected chi connectivity index (χ0v) is 17.9. The van der Waals surface area contributed by atoms with Gasteiger partial charge in [0.2, 0.25) is 10.0 Å². The summed E-state index contributed by atoms with van der Waals surface area (Å²) in [5.74, 6) is -3.40. The molecule has 1 aromatic heterocycles. The van der Waals surface area contributed by atoms with E-state index in [1.807, 2.05) is 0 Å². The van der Waals surface area contributed by atoms with Gasteiger partial charge < -0.3 is 5.73 Å². The predicted octanol–water partition coefficient (Wildman–Crippen LogP) is 3.27. The first kappa shape index (κ1) is 22.0. The van der Waals surface area contributed by atoms with Crippen LogP contribution in [0.5, 0.6) is 0 Å². The van der Waals surface area contributed by atoms with E-state index >= 15 is 0 Å². The SMILES string of the molecule is CC1(C)c2n[nH]c(CC(=O)c3c(N)cccc3F)c2CN1S(=O)(=O)c1cc(F)cc(F)c1. The zero-order chi connectivity index (χ0) is 23.4. The molecule has 0 atom stereocenters. The second-order valence-electron chi connectivity index (χ2n) is 8.01. The Morgan fingerprint density at radius 3 is 2.47 bits per heavy atom. The molecular weight excluding hydrogens is 445 g/mol. The summed E-state index contributed by atoms with van der Waals surface area (Å²) in [7, 11) is -4.31. The van der Waals surface area contributed by atoms with Gasteiger partial charge in [-0.3, -0.25) is 9.89 Å². The van der Waals surface area contributed by atoms with Crippen molar-refractivity contribution < 1.29 is 26.4 Å². The Morgan fingerprint density at radius 1 is 1.19 bits per heavy atom. The highest BCUT2D eigenvalue weighted by atomic mass is 32.2. The maximum absolute atomic E-state index is 14.1. The summed E-state index contributed by atoms with van der Waals surface area (Å²) in [6.07, 6.45) is -0.286. The number of nitrogens with zero attached hydrogens (tertiary/aromatic N) is 2. The van der Waals surface area contributed by atoms with Gasteiger partial charge in [0.25, 0.3) is 0 Å². The quantitative estimate of drug-likeness (QED) is 0.445. The van der Waals surface area contributed by atoms with Gasteiger partial charge in [0.05, 0.1) is 28.1 Å². The summed E-state index contributed by atoms with van der Waals surface area (Å²) in [5.41, 5.74) is 5.41.